The average Bonchev–Trinajstić information content (AvgIpc) is 3.01. The van der Waals surface area contributed by atoms with E-state index in [0.717, 1.165) is 32.1 Å². The number of aliphatic hydroxyl groups excluding tert-OH is 6. The van der Waals surface area contributed by atoms with Gasteiger partial charge in [0.25, 0.3) is 0 Å². The highest BCUT2D eigenvalue weighted by atomic mass is 16.7. The molecule has 0 bridgehead atoms. The number of ether oxygens (including phenoxy) is 2. The molecule has 0 saturated carbocycles. The zero-order valence-corrected chi connectivity index (χ0v) is 28.5. The van der Waals surface area contributed by atoms with Gasteiger partial charge in [0.1, 0.15) is 30.2 Å². The third kappa shape index (κ3) is 22.5. The Labute approximate surface area is 274 Å². The van der Waals surface area contributed by atoms with Crippen LogP contribution >= 0.6 is 0 Å². The summed E-state index contributed by atoms with van der Waals surface area (Å²) in [5.74, 6) is 0.0984. The number of hydrogen-bond donors (Lipinski definition) is 6. The average molecular weight is 647 g/mol. The molecule has 1 aliphatic heterocycles. The minimum atomic E-state index is -1.47. The van der Waals surface area contributed by atoms with Gasteiger partial charge in [-0.15, -0.1) is 0 Å². The number of ketones is 1. The van der Waals surface area contributed by atoms with Crippen LogP contribution in [0.4, 0.5) is 0 Å². The highest BCUT2D eigenvalue weighted by Gasteiger charge is 2.43. The quantitative estimate of drug-likeness (QED) is 0.0507. The molecule has 0 amide bonds. The molecule has 1 aliphatic rings. The number of carbonyl (C=O) groups excluding carboxylic acids is 1. The summed E-state index contributed by atoms with van der Waals surface area (Å²) in [6.45, 7) is 1.29. The van der Waals surface area contributed by atoms with E-state index in [-0.39, 0.29) is 24.9 Å². The molecule has 9 heteroatoms. The fourth-order valence-corrected chi connectivity index (χ4v) is 6.19. The molecular weight excluding hydrogens is 576 g/mol. The molecule has 9 nitrogen and oxygen atoms in total. The second-order valence-electron chi connectivity index (χ2n) is 13.6. The molecule has 1 heterocycles. The smallest absolute Gasteiger partial charge is 0.186 e. The molecule has 45 heavy (non-hydrogen) atoms. The Morgan fingerprint density at radius 1 is 0.622 bits per heavy atom. The molecule has 1 rings (SSSR count). The number of Topliss-reactive ketones (excluding diaryl/α,β-unsaturated/α-hetero) is 1. The summed E-state index contributed by atoms with van der Waals surface area (Å²) in [7, 11) is 0. The zero-order chi connectivity index (χ0) is 33.1. The number of hydrogen-bond acceptors (Lipinski definition) is 9. The van der Waals surface area contributed by atoms with Crippen molar-refractivity contribution in [1.29, 1.82) is 0 Å². The standard InChI is InChI=1S/C36H70O9/c1-29(38)27-31(40)24-22-20-18-16-14-12-10-8-6-4-2-3-5-7-9-11-13-15-17-19-21-23-30(39)25-26-44-36-35(43)34(42)33(41)32(28-37)45-36/h29,31-38,40-43H,2-28H2,1H3. The molecular formula is C36H70O9. The molecule has 1 saturated heterocycles. The fraction of sp³-hybridized carbons (Fsp3) is 0.972. The van der Waals surface area contributed by atoms with E-state index in [1.54, 1.807) is 6.92 Å². The Hall–Kier alpha value is -0.650. The summed E-state index contributed by atoms with van der Waals surface area (Å²) < 4.78 is 10.7. The molecule has 268 valence electrons. The Bertz CT molecular complexity index is 675. The lowest BCUT2D eigenvalue weighted by Crippen LogP contribution is -2.59. The number of unbranched alkanes of at least 4 members (excludes halogenated alkanes) is 20. The van der Waals surface area contributed by atoms with Crippen LogP contribution < -0.4 is 0 Å². The predicted molar refractivity (Wildman–Crippen MR) is 178 cm³/mol. The second-order valence-corrected chi connectivity index (χ2v) is 13.6. The van der Waals surface area contributed by atoms with E-state index in [1.165, 1.54) is 109 Å². The minimum absolute atomic E-state index is 0.0601. The largest absolute Gasteiger partial charge is 0.394 e. The van der Waals surface area contributed by atoms with Crippen molar-refractivity contribution in [1.82, 2.24) is 0 Å². The van der Waals surface area contributed by atoms with Crippen LogP contribution in [0.5, 0.6) is 0 Å². The van der Waals surface area contributed by atoms with Crippen LogP contribution in [-0.2, 0) is 14.3 Å². The molecule has 0 radical (unpaired) electrons. The second kappa shape index (κ2) is 28.4. The molecule has 0 aromatic carbocycles. The van der Waals surface area contributed by atoms with Gasteiger partial charge in [0, 0.05) is 12.8 Å². The van der Waals surface area contributed by atoms with E-state index in [1.807, 2.05) is 0 Å². The first-order chi connectivity index (χ1) is 21.8. The van der Waals surface area contributed by atoms with Gasteiger partial charge in [-0.2, -0.15) is 0 Å². The van der Waals surface area contributed by atoms with Gasteiger partial charge in [-0.3, -0.25) is 4.79 Å². The van der Waals surface area contributed by atoms with Crippen molar-refractivity contribution in [2.75, 3.05) is 13.2 Å². The SMILES string of the molecule is CC(O)CC(O)CCCCCCCCCCCCCCCCCCCCCCCC(=O)CCOC1OC(CO)C(O)C(O)C1O. The summed E-state index contributed by atoms with van der Waals surface area (Å²) in [6.07, 6.45) is 21.5. The molecule has 1 fully saturated rings. The van der Waals surface area contributed by atoms with Crippen molar-refractivity contribution < 1.29 is 44.9 Å². The first kappa shape index (κ1) is 42.4. The van der Waals surface area contributed by atoms with Crippen molar-refractivity contribution in [3.8, 4) is 0 Å². The molecule has 7 atom stereocenters. The van der Waals surface area contributed by atoms with Gasteiger partial charge in [-0.25, -0.2) is 0 Å². The van der Waals surface area contributed by atoms with Crippen LogP contribution in [0.25, 0.3) is 0 Å². The summed E-state index contributed by atoms with van der Waals surface area (Å²) in [6, 6.07) is 0. The maximum atomic E-state index is 12.1. The van der Waals surface area contributed by atoms with Crippen LogP contribution in [0, 0.1) is 0 Å². The van der Waals surface area contributed by atoms with E-state index < -0.39 is 43.4 Å². The van der Waals surface area contributed by atoms with E-state index >= 15 is 0 Å². The lowest BCUT2D eigenvalue weighted by molar-refractivity contribution is -0.300. The van der Waals surface area contributed by atoms with Gasteiger partial charge in [0.05, 0.1) is 25.4 Å². The Balaban J connectivity index is 1.77. The van der Waals surface area contributed by atoms with Crippen molar-refractivity contribution in [3.05, 3.63) is 0 Å². The van der Waals surface area contributed by atoms with Gasteiger partial charge in [-0.05, 0) is 26.2 Å². The monoisotopic (exact) mass is 647 g/mol. The van der Waals surface area contributed by atoms with Crippen LogP contribution in [0.3, 0.4) is 0 Å². The Kier molecular flexibility index (Phi) is 26.7. The highest BCUT2D eigenvalue weighted by molar-refractivity contribution is 5.78. The first-order valence-corrected chi connectivity index (χ1v) is 18.6. The lowest BCUT2D eigenvalue weighted by Gasteiger charge is -2.39. The van der Waals surface area contributed by atoms with E-state index in [0.29, 0.717) is 12.8 Å². The van der Waals surface area contributed by atoms with E-state index in [2.05, 4.69) is 0 Å². The van der Waals surface area contributed by atoms with Gasteiger partial charge in [-0.1, -0.05) is 128 Å². The first-order valence-electron chi connectivity index (χ1n) is 18.6. The summed E-state index contributed by atoms with van der Waals surface area (Å²) >= 11 is 0. The van der Waals surface area contributed by atoms with Gasteiger partial charge < -0.3 is 40.1 Å². The number of rotatable bonds is 31. The van der Waals surface area contributed by atoms with Gasteiger partial charge in [0.15, 0.2) is 6.29 Å². The lowest BCUT2D eigenvalue weighted by atomic mass is 9.99. The van der Waals surface area contributed by atoms with Gasteiger partial charge >= 0.3 is 0 Å². The van der Waals surface area contributed by atoms with Crippen molar-refractivity contribution in [3.63, 3.8) is 0 Å². The Morgan fingerprint density at radius 3 is 1.47 bits per heavy atom. The van der Waals surface area contributed by atoms with Crippen molar-refractivity contribution in [2.24, 2.45) is 0 Å². The number of carbonyl (C=O) groups is 1. The predicted octanol–water partition coefficient (Wildman–Crippen LogP) is 5.87. The number of aliphatic hydroxyl groups is 6. The van der Waals surface area contributed by atoms with Crippen LogP contribution in [0.1, 0.15) is 167 Å². The fourth-order valence-electron chi connectivity index (χ4n) is 6.19. The van der Waals surface area contributed by atoms with Crippen molar-refractivity contribution >= 4 is 5.78 Å². The van der Waals surface area contributed by atoms with E-state index in [4.69, 9.17) is 9.47 Å². The van der Waals surface area contributed by atoms with Crippen LogP contribution in [0.2, 0.25) is 0 Å². The zero-order valence-electron chi connectivity index (χ0n) is 28.5. The highest BCUT2D eigenvalue weighted by Crippen LogP contribution is 2.22. The molecule has 7 unspecified atom stereocenters. The van der Waals surface area contributed by atoms with E-state index in [9.17, 15) is 35.4 Å². The molecule has 0 aromatic heterocycles. The van der Waals surface area contributed by atoms with Crippen molar-refractivity contribution in [2.45, 2.75) is 210 Å². The molecule has 0 spiro atoms. The maximum absolute atomic E-state index is 12.1. The topological polar surface area (TPSA) is 157 Å². The molecule has 0 aromatic rings. The molecule has 6 N–H and O–H groups in total. The summed E-state index contributed by atoms with van der Waals surface area (Å²) in [5, 5.41) is 57.8. The summed E-state index contributed by atoms with van der Waals surface area (Å²) in [5.41, 5.74) is 0. The maximum Gasteiger partial charge on any atom is 0.186 e. The van der Waals surface area contributed by atoms with Crippen LogP contribution in [-0.4, -0.2) is 92.5 Å². The normalized spacial score (nSPS) is 23.3. The van der Waals surface area contributed by atoms with Crippen LogP contribution in [0.15, 0.2) is 0 Å². The summed E-state index contributed by atoms with van der Waals surface area (Å²) in [4.78, 5) is 12.1. The molecule has 0 aliphatic carbocycles. The minimum Gasteiger partial charge on any atom is -0.394 e. The Morgan fingerprint density at radius 2 is 1.04 bits per heavy atom. The third-order valence-electron chi connectivity index (χ3n) is 9.12. The third-order valence-corrected chi connectivity index (χ3v) is 9.12. The van der Waals surface area contributed by atoms with Gasteiger partial charge in [0.2, 0.25) is 0 Å².